The van der Waals surface area contributed by atoms with Crippen LogP contribution in [0.1, 0.15) is 24.5 Å². The lowest BCUT2D eigenvalue weighted by molar-refractivity contribution is 0.210. The zero-order valence-corrected chi connectivity index (χ0v) is 14.0. The fourth-order valence-electron chi connectivity index (χ4n) is 3.15. The van der Waals surface area contributed by atoms with Crippen molar-refractivity contribution in [1.82, 2.24) is 9.47 Å². The van der Waals surface area contributed by atoms with Crippen molar-refractivity contribution >= 4 is 11.7 Å². The van der Waals surface area contributed by atoms with Gasteiger partial charge >= 0.3 is 6.03 Å². The molecule has 126 valence electrons. The molecule has 0 fully saturated rings. The third-order valence-corrected chi connectivity index (χ3v) is 4.53. The van der Waals surface area contributed by atoms with Crippen LogP contribution in [-0.2, 0) is 19.4 Å². The van der Waals surface area contributed by atoms with Gasteiger partial charge in [0.15, 0.2) is 0 Å². The molecule has 1 N–H and O–H groups in total. The monoisotopic (exact) mass is 325 g/mol. The van der Waals surface area contributed by atoms with E-state index in [1.807, 2.05) is 13.0 Å². The molecule has 0 radical (unpaired) electrons. The van der Waals surface area contributed by atoms with Gasteiger partial charge in [0.25, 0.3) is 5.56 Å². The Morgan fingerprint density at radius 1 is 1.08 bits per heavy atom. The molecular weight excluding hydrogens is 302 g/mol. The number of hydrogen-bond donors (Lipinski definition) is 1. The molecule has 1 aromatic carbocycles. The molecule has 3 rings (SSSR count). The first-order valence-electron chi connectivity index (χ1n) is 8.51. The topological polar surface area (TPSA) is 54.3 Å². The third-order valence-electron chi connectivity index (χ3n) is 4.53. The predicted octanol–water partition coefficient (Wildman–Crippen LogP) is 2.89. The van der Waals surface area contributed by atoms with Crippen molar-refractivity contribution in [2.45, 2.75) is 32.7 Å². The van der Waals surface area contributed by atoms with Gasteiger partial charge in [0.05, 0.1) is 0 Å². The van der Waals surface area contributed by atoms with Crippen LogP contribution in [-0.4, -0.2) is 28.6 Å². The van der Waals surface area contributed by atoms with Gasteiger partial charge in [-0.1, -0.05) is 24.3 Å². The Labute approximate surface area is 141 Å². The summed E-state index contributed by atoms with van der Waals surface area (Å²) >= 11 is 0. The SMILES string of the molecule is CCn1cccc(NC(=O)N2CCCc3ccccc3CC2)c1=O. The maximum Gasteiger partial charge on any atom is 0.322 e. The summed E-state index contributed by atoms with van der Waals surface area (Å²) < 4.78 is 1.58. The molecule has 0 saturated carbocycles. The highest BCUT2D eigenvalue weighted by Gasteiger charge is 2.18. The van der Waals surface area contributed by atoms with E-state index in [2.05, 4.69) is 23.5 Å². The maximum atomic E-state index is 12.6. The van der Waals surface area contributed by atoms with Gasteiger partial charge in [-0.15, -0.1) is 0 Å². The maximum absolute atomic E-state index is 12.6. The summed E-state index contributed by atoms with van der Waals surface area (Å²) in [5, 5.41) is 2.78. The fraction of sp³-hybridized carbons (Fsp3) is 0.368. The minimum atomic E-state index is -0.194. The Morgan fingerprint density at radius 3 is 2.58 bits per heavy atom. The predicted molar refractivity (Wildman–Crippen MR) is 95.4 cm³/mol. The minimum absolute atomic E-state index is 0.161. The Bertz CT molecular complexity index is 782. The number of fused-ring (bicyclic) bond motifs is 1. The molecule has 0 atom stereocenters. The molecule has 0 unspecified atom stereocenters. The van der Waals surface area contributed by atoms with E-state index in [9.17, 15) is 9.59 Å². The smallest absolute Gasteiger partial charge is 0.322 e. The highest BCUT2D eigenvalue weighted by atomic mass is 16.2. The number of carbonyl (C=O) groups excluding carboxylic acids is 1. The van der Waals surface area contributed by atoms with Crippen molar-refractivity contribution in [1.29, 1.82) is 0 Å². The van der Waals surface area contributed by atoms with E-state index in [0.717, 1.165) is 19.3 Å². The zero-order valence-electron chi connectivity index (χ0n) is 14.0. The minimum Gasteiger partial charge on any atom is -0.324 e. The van der Waals surface area contributed by atoms with E-state index < -0.39 is 0 Å². The molecule has 5 heteroatoms. The van der Waals surface area contributed by atoms with E-state index in [-0.39, 0.29) is 11.6 Å². The second-order valence-electron chi connectivity index (χ2n) is 6.05. The summed E-state index contributed by atoms with van der Waals surface area (Å²) in [5.41, 5.74) is 2.87. The first-order chi connectivity index (χ1) is 11.7. The summed E-state index contributed by atoms with van der Waals surface area (Å²) in [7, 11) is 0. The standard InChI is InChI=1S/C19H23N3O2/c1-2-21-12-6-10-17(18(21)23)20-19(24)22-13-5-9-15-7-3-4-8-16(15)11-14-22/h3-4,6-8,10,12H,2,5,9,11,13-14H2,1H3,(H,20,24). The largest absolute Gasteiger partial charge is 0.324 e. The number of aromatic nitrogens is 1. The highest BCUT2D eigenvalue weighted by Crippen LogP contribution is 2.16. The van der Waals surface area contributed by atoms with Gasteiger partial charge in [-0.3, -0.25) is 4.79 Å². The van der Waals surface area contributed by atoms with E-state index in [1.54, 1.807) is 27.8 Å². The molecule has 1 aliphatic heterocycles. The van der Waals surface area contributed by atoms with Gasteiger partial charge in [0.1, 0.15) is 5.69 Å². The first-order valence-corrected chi connectivity index (χ1v) is 8.51. The van der Waals surface area contributed by atoms with Gasteiger partial charge in [0, 0.05) is 25.8 Å². The summed E-state index contributed by atoms with van der Waals surface area (Å²) in [5.74, 6) is 0. The zero-order chi connectivity index (χ0) is 16.9. The Morgan fingerprint density at radius 2 is 1.83 bits per heavy atom. The number of anilines is 1. The quantitative estimate of drug-likeness (QED) is 0.923. The lowest BCUT2D eigenvalue weighted by Gasteiger charge is -2.26. The van der Waals surface area contributed by atoms with Gasteiger partial charge in [-0.25, -0.2) is 4.79 Å². The second-order valence-corrected chi connectivity index (χ2v) is 6.05. The molecule has 2 amide bonds. The molecule has 0 bridgehead atoms. The molecular formula is C19H23N3O2. The Kier molecular flexibility index (Phi) is 4.99. The molecule has 0 saturated heterocycles. The lowest BCUT2D eigenvalue weighted by Crippen LogP contribution is -2.39. The number of pyridine rings is 1. The normalized spacial score (nSPS) is 14.5. The number of aryl methyl sites for hydroxylation is 2. The van der Waals surface area contributed by atoms with Crippen LogP contribution in [0.5, 0.6) is 0 Å². The van der Waals surface area contributed by atoms with Crippen LogP contribution in [0.15, 0.2) is 47.4 Å². The molecule has 1 aromatic heterocycles. The van der Waals surface area contributed by atoms with Crippen molar-refractivity contribution in [3.63, 3.8) is 0 Å². The van der Waals surface area contributed by atoms with E-state index in [1.165, 1.54) is 11.1 Å². The van der Waals surface area contributed by atoms with Crippen molar-refractivity contribution in [2.75, 3.05) is 18.4 Å². The van der Waals surface area contributed by atoms with E-state index >= 15 is 0 Å². The molecule has 2 heterocycles. The number of carbonyl (C=O) groups is 1. The lowest BCUT2D eigenvalue weighted by atomic mass is 9.98. The number of nitrogens with one attached hydrogen (secondary N) is 1. The summed E-state index contributed by atoms with van der Waals surface area (Å²) in [6.07, 6.45) is 4.48. The van der Waals surface area contributed by atoms with Crippen molar-refractivity contribution < 1.29 is 4.79 Å². The van der Waals surface area contributed by atoms with Crippen LogP contribution >= 0.6 is 0 Å². The first kappa shape index (κ1) is 16.3. The average molecular weight is 325 g/mol. The summed E-state index contributed by atoms with van der Waals surface area (Å²) in [6.45, 7) is 3.86. The average Bonchev–Trinajstić information content (AvgIpc) is 2.57. The highest BCUT2D eigenvalue weighted by molar-refractivity contribution is 5.89. The Hall–Kier alpha value is -2.56. The van der Waals surface area contributed by atoms with Gasteiger partial charge in [-0.2, -0.15) is 0 Å². The third kappa shape index (κ3) is 3.50. The Balaban J connectivity index is 1.71. The molecule has 5 nitrogen and oxygen atoms in total. The van der Waals surface area contributed by atoms with Gasteiger partial charge in [-0.05, 0) is 49.4 Å². The second kappa shape index (κ2) is 7.34. The summed E-state index contributed by atoms with van der Waals surface area (Å²) in [4.78, 5) is 26.6. The van der Waals surface area contributed by atoms with Gasteiger partial charge in [0.2, 0.25) is 0 Å². The van der Waals surface area contributed by atoms with Crippen molar-refractivity contribution in [2.24, 2.45) is 0 Å². The van der Waals surface area contributed by atoms with Gasteiger partial charge < -0.3 is 14.8 Å². The fourth-order valence-corrected chi connectivity index (χ4v) is 3.15. The number of amides is 2. The van der Waals surface area contributed by atoms with Crippen LogP contribution in [0.25, 0.3) is 0 Å². The van der Waals surface area contributed by atoms with Crippen LogP contribution in [0, 0.1) is 0 Å². The molecule has 24 heavy (non-hydrogen) atoms. The van der Waals surface area contributed by atoms with Crippen molar-refractivity contribution in [3.8, 4) is 0 Å². The van der Waals surface area contributed by atoms with Crippen LogP contribution in [0.3, 0.4) is 0 Å². The van der Waals surface area contributed by atoms with Crippen molar-refractivity contribution in [3.05, 3.63) is 64.1 Å². The molecule has 1 aliphatic rings. The number of nitrogens with zero attached hydrogens (tertiary/aromatic N) is 2. The van der Waals surface area contributed by atoms with Crippen LogP contribution in [0.2, 0.25) is 0 Å². The van der Waals surface area contributed by atoms with E-state index in [4.69, 9.17) is 0 Å². The number of rotatable bonds is 2. The number of benzene rings is 1. The van der Waals surface area contributed by atoms with E-state index in [0.29, 0.717) is 25.3 Å². The molecule has 0 spiro atoms. The van der Waals surface area contributed by atoms with Crippen LogP contribution in [0.4, 0.5) is 10.5 Å². The number of urea groups is 1. The number of hydrogen-bond acceptors (Lipinski definition) is 2. The molecule has 0 aliphatic carbocycles. The summed E-state index contributed by atoms with van der Waals surface area (Å²) in [6, 6.07) is 11.7. The van der Waals surface area contributed by atoms with Crippen LogP contribution < -0.4 is 10.9 Å². The molecule has 2 aromatic rings.